The van der Waals surface area contributed by atoms with Gasteiger partial charge in [0.1, 0.15) is 0 Å². The molecule has 1 saturated heterocycles. The summed E-state index contributed by atoms with van der Waals surface area (Å²) < 4.78 is 0. The van der Waals surface area contributed by atoms with Crippen molar-refractivity contribution in [2.75, 3.05) is 32.1 Å². The van der Waals surface area contributed by atoms with E-state index < -0.39 is 0 Å². The molecule has 0 amide bonds. The molecule has 104 valence electrons. The number of hydrogen-bond acceptors (Lipinski definition) is 2. The van der Waals surface area contributed by atoms with Crippen LogP contribution in [-0.2, 0) is 0 Å². The van der Waals surface area contributed by atoms with Gasteiger partial charge in [-0.05, 0) is 26.9 Å². The average molecular weight is 288 g/mol. The molecule has 0 spiro atoms. The van der Waals surface area contributed by atoms with Crippen molar-refractivity contribution in [1.29, 1.82) is 0 Å². The largest absolute Gasteiger partial charge is 1.00 e. The fourth-order valence-electron chi connectivity index (χ4n) is 2.23. The fourth-order valence-corrected chi connectivity index (χ4v) is 2.23. The van der Waals surface area contributed by atoms with Crippen molar-refractivity contribution in [1.82, 2.24) is 4.90 Å². The van der Waals surface area contributed by atoms with Crippen molar-refractivity contribution in [3.8, 4) is 0 Å². The SMILES string of the molecule is CC.CN(C)C1CCN(c2cc[c-]cc2)CC1.[CH3-].[K+]. The Morgan fingerprint density at radius 1 is 1.11 bits per heavy atom. The van der Waals surface area contributed by atoms with Crippen LogP contribution >= 0.6 is 0 Å². The van der Waals surface area contributed by atoms with E-state index in [0.29, 0.717) is 0 Å². The maximum Gasteiger partial charge on any atom is 1.00 e. The smallest absolute Gasteiger partial charge is 0.393 e. The Balaban J connectivity index is 0. The molecule has 2 rings (SSSR count). The van der Waals surface area contributed by atoms with Gasteiger partial charge < -0.3 is 17.2 Å². The van der Waals surface area contributed by atoms with E-state index in [4.69, 9.17) is 0 Å². The number of benzene rings is 1. The van der Waals surface area contributed by atoms with Gasteiger partial charge in [0.05, 0.1) is 0 Å². The predicted octanol–water partition coefficient (Wildman–Crippen LogP) is 0.498. The van der Waals surface area contributed by atoms with E-state index in [9.17, 15) is 0 Å². The summed E-state index contributed by atoms with van der Waals surface area (Å²) in [5.74, 6) is 0. The van der Waals surface area contributed by atoms with Gasteiger partial charge in [0, 0.05) is 19.1 Å². The fraction of sp³-hybridized carbons (Fsp3) is 0.562. The van der Waals surface area contributed by atoms with Gasteiger partial charge in [0.25, 0.3) is 0 Å². The number of anilines is 1. The first-order chi connectivity index (χ1) is 8.27. The van der Waals surface area contributed by atoms with Gasteiger partial charge in [-0.25, -0.2) is 0 Å². The molecule has 1 aromatic carbocycles. The quantitative estimate of drug-likeness (QED) is 0.577. The minimum atomic E-state index is 0. The molecule has 1 fully saturated rings. The van der Waals surface area contributed by atoms with E-state index in [1.807, 2.05) is 26.0 Å². The van der Waals surface area contributed by atoms with Crippen LogP contribution in [-0.4, -0.2) is 38.1 Å². The molecule has 3 heteroatoms. The molecule has 0 aromatic heterocycles. The molecule has 0 bridgehead atoms. The molecule has 19 heavy (non-hydrogen) atoms. The number of hydrogen-bond donors (Lipinski definition) is 0. The van der Waals surface area contributed by atoms with Crippen LogP contribution < -0.4 is 56.3 Å². The van der Waals surface area contributed by atoms with Crippen LogP contribution in [0.3, 0.4) is 0 Å². The van der Waals surface area contributed by atoms with E-state index >= 15 is 0 Å². The van der Waals surface area contributed by atoms with E-state index in [1.54, 1.807) is 0 Å². The molecule has 1 aromatic rings. The van der Waals surface area contributed by atoms with Crippen LogP contribution in [0.2, 0.25) is 0 Å². The molecule has 0 aliphatic carbocycles. The van der Waals surface area contributed by atoms with Crippen molar-refractivity contribution >= 4 is 5.69 Å². The Kier molecular flexibility index (Phi) is 14.3. The van der Waals surface area contributed by atoms with E-state index in [0.717, 1.165) is 6.04 Å². The Morgan fingerprint density at radius 2 is 1.58 bits per heavy atom. The second-order valence-corrected chi connectivity index (χ2v) is 4.44. The summed E-state index contributed by atoms with van der Waals surface area (Å²) in [7, 11) is 4.36. The first kappa shape index (κ1) is 21.9. The Hall–Kier alpha value is 0.616. The standard InChI is InChI=1S/C13H19N2.C2H6.CH3.K/c1-14(2)12-8-10-15(11-9-12)13-6-4-3-5-7-13;1-2;;/h4-7,12H,8-11H2,1-2H3;1-2H3;1H3;/q-1;;-1;+1. The number of rotatable bonds is 2. The summed E-state index contributed by atoms with van der Waals surface area (Å²) in [5.41, 5.74) is 1.34. The van der Waals surface area contributed by atoms with Crippen molar-refractivity contribution < 1.29 is 51.4 Å². The molecular formula is C16H28KN2-. The normalized spacial score (nSPS) is 14.9. The summed E-state index contributed by atoms with van der Waals surface area (Å²) in [4.78, 5) is 4.81. The third-order valence-corrected chi connectivity index (χ3v) is 3.26. The second kappa shape index (κ2) is 12.4. The second-order valence-electron chi connectivity index (χ2n) is 4.44. The summed E-state index contributed by atoms with van der Waals surface area (Å²) in [6, 6.07) is 12.1. The summed E-state index contributed by atoms with van der Waals surface area (Å²) in [6.45, 7) is 6.35. The minimum Gasteiger partial charge on any atom is -0.393 e. The molecule has 0 radical (unpaired) electrons. The molecule has 0 atom stereocenters. The maximum absolute atomic E-state index is 3.06. The molecule has 1 heterocycles. The predicted molar refractivity (Wildman–Crippen MR) is 82.0 cm³/mol. The zero-order valence-electron chi connectivity index (χ0n) is 13.6. The van der Waals surface area contributed by atoms with Gasteiger partial charge in [0.2, 0.25) is 0 Å². The van der Waals surface area contributed by atoms with Crippen molar-refractivity contribution in [3.05, 3.63) is 37.8 Å². The van der Waals surface area contributed by atoms with Crippen molar-refractivity contribution in [3.63, 3.8) is 0 Å². The Labute approximate surface area is 163 Å². The van der Waals surface area contributed by atoms with E-state index in [-0.39, 0.29) is 58.8 Å². The van der Waals surface area contributed by atoms with Crippen LogP contribution in [0.25, 0.3) is 0 Å². The Morgan fingerprint density at radius 3 is 2.00 bits per heavy atom. The molecule has 0 unspecified atom stereocenters. The minimum absolute atomic E-state index is 0. The van der Waals surface area contributed by atoms with Gasteiger partial charge in [-0.3, -0.25) is 0 Å². The third kappa shape index (κ3) is 7.26. The zero-order chi connectivity index (χ0) is 12.7. The summed E-state index contributed by atoms with van der Waals surface area (Å²) in [6.07, 6.45) is 2.54. The molecule has 0 saturated carbocycles. The van der Waals surface area contributed by atoms with Gasteiger partial charge in [-0.1, -0.05) is 19.5 Å². The summed E-state index contributed by atoms with van der Waals surface area (Å²) >= 11 is 0. The van der Waals surface area contributed by atoms with E-state index in [1.165, 1.54) is 31.6 Å². The zero-order valence-corrected chi connectivity index (χ0v) is 16.7. The average Bonchev–Trinajstić information content (AvgIpc) is 2.42. The molecular weight excluding hydrogens is 259 g/mol. The van der Waals surface area contributed by atoms with Gasteiger partial charge in [0.15, 0.2) is 0 Å². The van der Waals surface area contributed by atoms with Crippen LogP contribution in [0.15, 0.2) is 24.3 Å². The van der Waals surface area contributed by atoms with E-state index in [2.05, 4.69) is 42.1 Å². The first-order valence-electron chi connectivity index (χ1n) is 6.65. The van der Waals surface area contributed by atoms with Gasteiger partial charge >= 0.3 is 51.4 Å². The first-order valence-corrected chi connectivity index (χ1v) is 6.65. The van der Waals surface area contributed by atoms with Crippen molar-refractivity contribution in [2.24, 2.45) is 0 Å². The van der Waals surface area contributed by atoms with Gasteiger partial charge in [-0.2, -0.15) is 18.2 Å². The molecule has 1 aliphatic heterocycles. The number of piperidine rings is 1. The van der Waals surface area contributed by atoms with Crippen LogP contribution in [0.1, 0.15) is 26.7 Å². The number of nitrogens with zero attached hydrogens (tertiary/aromatic N) is 2. The third-order valence-electron chi connectivity index (χ3n) is 3.26. The van der Waals surface area contributed by atoms with Crippen LogP contribution in [0.4, 0.5) is 5.69 Å². The maximum atomic E-state index is 3.06. The molecule has 1 aliphatic rings. The summed E-state index contributed by atoms with van der Waals surface area (Å²) in [5, 5.41) is 0. The molecule has 2 nitrogen and oxygen atoms in total. The monoisotopic (exact) mass is 287 g/mol. The van der Waals surface area contributed by atoms with Crippen LogP contribution in [0, 0.1) is 13.5 Å². The van der Waals surface area contributed by atoms with Gasteiger partial charge in [-0.15, -0.1) is 12.1 Å². The molecule has 0 N–H and O–H groups in total. The van der Waals surface area contributed by atoms with Crippen molar-refractivity contribution in [2.45, 2.75) is 32.7 Å². The topological polar surface area (TPSA) is 6.48 Å². The Bertz CT molecular complexity index is 293. The van der Waals surface area contributed by atoms with Crippen LogP contribution in [0.5, 0.6) is 0 Å².